The molecule has 4 saturated heterocycles. The van der Waals surface area contributed by atoms with Crippen molar-refractivity contribution in [1.82, 2.24) is 20.1 Å². The highest BCUT2D eigenvalue weighted by atomic mass is 32.1. The predicted octanol–water partition coefficient (Wildman–Crippen LogP) is 3.09. The molecule has 4 aliphatic heterocycles. The molecule has 148 valence electrons. The lowest BCUT2D eigenvalue weighted by Gasteiger charge is -2.45. The number of aromatic nitrogens is 1. The average Bonchev–Trinajstić information content (AvgIpc) is 3.18. The molecule has 1 atom stereocenters. The third-order valence-electron chi connectivity index (χ3n) is 6.51. The molecule has 1 N–H and O–H groups in total. The monoisotopic (exact) mass is 398 g/mol. The molecule has 28 heavy (non-hydrogen) atoms. The molecule has 7 heteroatoms. The van der Waals surface area contributed by atoms with Crippen molar-refractivity contribution in [2.75, 3.05) is 26.2 Å². The molecule has 6 rings (SSSR count). The van der Waals surface area contributed by atoms with Crippen LogP contribution in [0.1, 0.15) is 59.4 Å². The van der Waals surface area contributed by atoms with E-state index in [4.69, 9.17) is 0 Å². The minimum Gasteiger partial charge on any atom is -0.339 e. The van der Waals surface area contributed by atoms with Crippen LogP contribution >= 0.6 is 11.3 Å². The van der Waals surface area contributed by atoms with Crippen molar-refractivity contribution in [3.63, 3.8) is 0 Å². The van der Waals surface area contributed by atoms with Gasteiger partial charge in [0.2, 0.25) is 0 Å². The Kier molecular flexibility index (Phi) is 4.80. The summed E-state index contributed by atoms with van der Waals surface area (Å²) in [6.45, 7) is 3.79. The number of nitrogens with one attached hydrogen (secondary N) is 1. The summed E-state index contributed by atoms with van der Waals surface area (Å²) in [6.07, 6.45) is 8.71. The van der Waals surface area contributed by atoms with Crippen molar-refractivity contribution >= 4 is 33.2 Å². The van der Waals surface area contributed by atoms with Gasteiger partial charge in [0, 0.05) is 43.1 Å². The van der Waals surface area contributed by atoms with E-state index in [0.717, 1.165) is 61.4 Å². The van der Waals surface area contributed by atoms with Crippen molar-refractivity contribution in [3.05, 3.63) is 28.9 Å². The lowest BCUT2D eigenvalue weighted by molar-refractivity contribution is 0.0293. The van der Waals surface area contributed by atoms with Crippen molar-refractivity contribution in [2.24, 2.45) is 5.92 Å². The van der Waals surface area contributed by atoms with Gasteiger partial charge < -0.3 is 10.2 Å². The number of fused-ring (bicyclic) bond motifs is 4. The first-order valence-electron chi connectivity index (χ1n) is 10.4. The van der Waals surface area contributed by atoms with E-state index in [0.29, 0.717) is 11.3 Å². The van der Waals surface area contributed by atoms with E-state index >= 15 is 0 Å². The second kappa shape index (κ2) is 7.44. The van der Waals surface area contributed by atoms with Crippen LogP contribution in [0.25, 0.3) is 10.1 Å². The first kappa shape index (κ1) is 18.1. The quantitative estimate of drug-likeness (QED) is 0.863. The van der Waals surface area contributed by atoms with Crippen LogP contribution in [-0.2, 0) is 0 Å². The summed E-state index contributed by atoms with van der Waals surface area (Å²) in [5.74, 6) is 0.678. The first-order chi connectivity index (χ1) is 13.7. The second-order valence-corrected chi connectivity index (χ2v) is 9.18. The molecule has 0 aliphatic carbocycles. The van der Waals surface area contributed by atoms with Gasteiger partial charge in [-0.05, 0) is 50.5 Å². The number of thiophene rings is 1. The molecule has 0 spiro atoms. The van der Waals surface area contributed by atoms with Crippen LogP contribution in [0.5, 0.6) is 0 Å². The lowest BCUT2D eigenvalue weighted by Crippen LogP contribution is -2.56. The number of hydrogen-bond donors (Lipinski definition) is 1. The maximum absolute atomic E-state index is 13.0. The molecule has 2 amide bonds. The van der Waals surface area contributed by atoms with Gasteiger partial charge in [0.25, 0.3) is 11.8 Å². The Morgan fingerprint density at radius 1 is 1.11 bits per heavy atom. The van der Waals surface area contributed by atoms with Crippen molar-refractivity contribution in [3.8, 4) is 0 Å². The zero-order valence-corrected chi connectivity index (χ0v) is 16.8. The summed E-state index contributed by atoms with van der Waals surface area (Å²) in [7, 11) is 0. The van der Waals surface area contributed by atoms with Gasteiger partial charge in [-0.3, -0.25) is 14.5 Å². The van der Waals surface area contributed by atoms with Crippen LogP contribution in [0.4, 0.5) is 0 Å². The molecule has 0 aromatic carbocycles. The van der Waals surface area contributed by atoms with Crippen LogP contribution in [0.15, 0.2) is 17.6 Å². The third-order valence-corrected chi connectivity index (χ3v) is 7.44. The Balaban J connectivity index is 1.36. The minimum absolute atomic E-state index is 0.0826. The number of carbonyl (C=O) groups is 2. The Morgan fingerprint density at radius 3 is 2.61 bits per heavy atom. The van der Waals surface area contributed by atoms with Gasteiger partial charge >= 0.3 is 0 Å². The van der Waals surface area contributed by atoms with E-state index in [1.54, 1.807) is 12.3 Å². The first-order valence-corrected chi connectivity index (χ1v) is 11.3. The number of hydrogen-bond acceptors (Lipinski definition) is 5. The van der Waals surface area contributed by atoms with E-state index in [1.165, 1.54) is 30.6 Å². The third kappa shape index (κ3) is 3.31. The Hall–Kier alpha value is -1.99. The summed E-state index contributed by atoms with van der Waals surface area (Å²) in [5.41, 5.74) is 1.11. The molecule has 2 aromatic rings. The smallest absolute Gasteiger partial charge is 0.271 e. The normalized spacial score (nSPS) is 27.1. The number of amides is 2. The molecule has 1 unspecified atom stereocenters. The molecule has 2 aromatic heterocycles. The molecule has 0 saturated carbocycles. The summed E-state index contributed by atoms with van der Waals surface area (Å²) in [6, 6.07) is 1.80. The van der Waals surface area contributed by atoms with Gasteiger partial charge in [-0.1, -0.05) is 0 Å². The van der Waals surface area contributed by atoms with Gasteiger partial charge in [-0.2, -0.15) is 0 Å². The highest BCUT2D eigenvalue weighted by Gasteiger charge is 2.34. The van der Waals surface area contributed by atoms with Crippen molar-refractivity contribution in [2.45, 2.75) is 44.7 Å². The summed E-state index contributed by atoms with van der Waals surface area (Å²) < 4.78 is 0.956. The fourth-order valence-corrected chi connectivity index (χ4v) is 5.71. The highest BCUT2D eigenvalue weighted by molar-refractivity contribution is 7.17. The topological polar surface area (TPSA) is 65.5 Å². The molecular weight excluding hydrogens is 372 g/mol. The van der Waals surface area contributed by atoms with E-state index in [-0.39, 0.29) is 18.0 Å². The zero-order chi connectivity index (χ0) is 19.1. The lowest BCUT2D eigenvalue weighted by atomic mass is 9.86. The SMILES string of the molecule is O=C(NC1CC2CCN1CC2)c1cc2c(C(=O)N3CCCCC3)csc2cn1. The summed E-state index contributed by atoms with van der Waals surface area (Å²) in [5, 5.41) is 5.93. The highest BCUT2D eigenvalue weighted by Crippen LogP contribution is 2.31. The second-order valence-electron chi connectivity index (χ2n) is 8.27. The number of nitrogens with zero attached hydrogens (tertiary/aromatic N) is 3. The molecule has 4 fully saturated rings. The molecule has 6 nitrogen and oxygen atoms in total. The van der Waals surface area contributed by atoms with Gasteiger partial charge in [0.05, 0.1) is 16.4 Å². The van der Waals surface area contributed by atoms with E-state index in [9.17, 15) is 9.59 Å². The van der Waals surface area contributed by atoms with Crippen molar-refractivity contribution < 1.29 is 9.59 Å². The van der Waals surface area contributed by atoms with Crippen LogP contribution in [0.2, 0.25) is 0 Å². The molecular formula is C21H26N4O2S. The minimum atomic E-state index is -0.137. The van der Waals surface area contributed by atoms with Gasteiger partial charge in [0.15, 0.2) is 0 Å². The standard InChI is InChI=1S/C21H26N4O2S/c26-20(23-19-10-14-4-8-24(19)9-5-14)17-11-15-16(13-28-18(15)12-22-17)21(27)25-6-2-1-3-7-25/h11-14,19H,1-10H2,(H,23,26). The van der Waals surface area contributed by atoms with E-state index in [2.05, 4.69) is 15.2 Å². The summed E-state index contributed by atoms with van der Waals surface area (Å²) >= 11 is 1.52. The number of piperidine rings is 4. The predicted molar refractivity (Wildman–Crippen MR) is 110 cm³/mol. The fraction of sp³-hybridized carbons (Fsp3) is 0.571. The van der Waals surface area contributed by atoms with Crippen LogP contribution in [0, 0.1) is 5.92 Å². The maximum Gasteiger partial charge on any atom is 0.271 e. The van der Waals surface area contributed by atoms with Crippen LogP contribution < -0.4 is 5.32 Å². The van der Waals surface area contributed by atoms with Crippen LogP contribution in [-0.4, -0.2) is 58.9 Å². The fourth-order valence-electron chi connectivity index (χ4n) is 4.83. The maximum atomic E-state index is 13.0. The summed E-state index contributed by atoms with van der Waals surface area (Å²) in [4.78, 5) is 34.5. The number of likely N-dealkylation sites (tertiary alicyclic amines) is 1. The molecule has 6 heterocycles. The number of rotatable bonds is 3. The largest absolute Gasteiger partial charge is 0.339 e. The average molecular weight is 399 g/mol. The van der Waals surface area contributed by atoms with Gasteiger partial charge in [-0.25, -0.2) is 4.98 Å². The van der Waals surface area contributed by atoms with Crippen molar-refractivity contribution in [1.29, 1.82) is 0 Å². The van der Waals surface area contributed by atoms with Gasteiger partial charge in [-0.15, -0.1) is 11.3 Å². The number of pyridine rings is 1. The Bertz CT molecular complexity index is 897. The Morgan fingerprint density at radius 2 is 1.89 bits per heavy atom. The van der Waals surface area contributed by atoms with E-state index in [1.807, 2.05) is 10.3 Å². The van der Waals surface area contributed by atoms with E-state index < -0.39 is 0 Å². The van der Waals surface area contributed by atoms with Crippen LogP contribution in [0.3, 0.4) is 0 Å². The Labute approximate surface area is 168 Å². The van der Waals surface area contributed by atoms with Gasteiger partial charge in [0.1, 0.15) is 5.69 Å². The molecule has 2 bridgehead atoms. The molecule has 4 aliphatic rings. The zero-order valence-electron chi connectivity index (χ0n) is 16.0. The number of carbonyl (C=O) groups excluding carboxylic acids is 2. The molecule has 0 radical (unpaired) electrons.